The monoisotopic (exact) mass is 267 g/mol. The molecule has 108 valence electrons. The Morgan fingerprint density at radius 1 is 1.37 bits per heavy atom. The lowest BCUT2D eigenvalue weighted by Crippen LogP contribution is -2.31. The number of nitrogens with zero attached hydrogens (tertiary/aromatic N) is 2. The summed E-state index contributed by atoms with van der Waals surface area (Å²) >= 11 is 0. The van der Waals surface area contributed by atoms with Crippen LogP contribution in [0, 0.1) is 11.8 Å². The normalized spacial score (nSPS) is 17.1. The maximum atomic E-state index is 9.05. The van der Waals surface area contributed by atoms with Crippen LogP contribution in [0.3, 0.4) is 0 Å². The van der Waals surface area contributed by atoms with Crippen LogP contribution in [0.15, 0.2) is 4.52 Å². The van der Waals surface area contributed by atoms with Crippen molar-refractivity contribution in [1.82, 2.24) is 15.5 Å². The summed E-state index contributed by atoms with van der Waals surface area (Å²) in [7, 11) is 0. The maximum Gasteiger partial charge on any atom is 0.240 e. The SMILES string of the molecule is CC(C)CCc1noc(CN[C@@H](CCO)C2CC2)n1. The zero-order valence-electron chi connectivity index (χ0n) is 11.9. The number of rotatable bonds is 9. The zero-order chi connectivity index (χ0) is 13.7. The third-order valence-electron chi connectivity index (χ3n) is 3.60. The summed E-state index contributed by atoms with van der Waals surface area (Å²) in [6.45, 7) is 5.23. The molecule has 0 bridgehead atoms. The Morgan fingerprint density at radius 2 is 2.16 bits per heavy atom. The van der Waals surface area contributed by atoms with Crippen molar-refractivity contribution in [3.63, 3.8) is 0 Å². The van der Waals surface area contributed by atoms with Crippen LogP contribution in [0.25, 0.3) is 0 Å². The first-order chi connectivity index (χ1) is 9.19. The number of aromatic nitrogens is 2. The second-order valence-electron chi connectivity index (χ2n) is 5.87. The van der Waals surface area contributed by atoms with Gasteiger partial charge in [-0.25, -0.2) is 0 Å². The number of hydrogen-bond acceptors (Lipinski definition) is 5. The molecule has 1 aromatic heterocycles. The molecule has 1 fully saturated rings. The molecule has 2 rings (SSSR count). The average molecular weight is 267 g/mol. The van der Waals surface area contributed by atoms with E-state index in [-0.39, 0.29) is 6.61 Å². The van der Waals surface area contributed by atoms with E-state index in [1.807, 2.05) is 0 Å². The molecule has 1 aliphatic rings. The number of aryl methyl sites for hydroxylation is 1. The van der Waals surface area contributed by atoms with Gasteiger partial charge in [-0.2, -0.15) is 4.98 Å². The molecule has 19 heavy (non-hydrogen) atoms. The molecular formula is C14H25N3O2. The highest BCUT2D eigenvalue weighted by molar-refractivity contribution is 4.90. The predicted molar refractivity (Wildman–Crippen MR) is 72.5 cm³/mol. The highest BCUT2D eigenvalue weighted by Gasteiger charge is 2.30. The lowest BCUT2D eigenvalue weighted by molar-refractivity contribution is 0.251. The van der Waals surface area contributed by atoms with Crippen LogP contribution in [-0.4, -0.2) is 27.9 Å². The first-order valence-corrected chi connectivity index (χ1v) is 7.34. The van der Waals surface area contributed by atoms with Crippen molar-refractivity contribution in [2.24, 2.45) is 11.8 Å². The van der Waals surface area contributed by atoms with Crippen molar-refractivity contribution in [3.8, 4) is 0 Å². The predicted octanol–water partition coefficient (Wildman–Crippen LogP) is 1.91. The van der Waals surface area contributed by atoms with Crippen LogP contribution in [0.4, 0.5) is 0 Å². The quantitative estimate of drug-likeness (QED) is 0.715. The van der Waals surface area contributed by atoms with Crippen LogP contribution < -0.4 is 5.32 Å². The molecule has 1 heterocycles. The Labute approximate surface area is 114 Å². The van der Waals surface area contributed by atoms with Crippen molar-refractivity contribution in [2.75, 3.05) is 6.61 Å². The van der Waals surface area contributed by atoms with E-state index >= 15 is 0 Å². The number of hydrogen-bond donors (Lipinski definition) is 2. The second-order valence-corrected chi connectivity index (χ2v) is 5.87. The molecular weight excluding hydrogens is 242 g/mol. The molecule has 5 nitrogen and oxygen atoms in total. The molecule has 0 amide bonds. The largest absolute Gasteiger partial charge is 0.396 e. The summed E-state index contributed by atoms with van der Waals surface area (Å²) in [5.41, 5.74) is 0. The summed E-state index contributed by atoms with van der Waals surface area (Å²) in [6, 6.07) is 0.385. The summed E-state index contributed by atoms with van der Waals surface area (Å²) < 4.78 is 5.24. The minimum absolute atomic E-state index is 0.234. The van der Waals surface area contributed by atoms with Gasteiger partial charge in [-0.1, -0.05) is 19.0 Å². The molecule has 1 saturated carbocycles. The molecule has 0 unspecified atom stereocenters. The van der Waals surface area contributed by atoms with E-state index in [4.69, 9.17) is 9.63 Å². The highest BCUT2D eigenvalue weighted by Crippen LogP contribution is 2.33. The van der Waals surface area contributed by atoms with Gasteiger partial charge in [0.25, 0.3) is 0 Å². The van der Waals surface area contributed by atoms with Gasteiger partial charge in [0.15, 0.2) is 5.82 Å². The van der Waals surface area contributed by atoms with Crippen LogP contribution in [-0.2, 0) is 13.0 Å². The van der Waals surface area contributed by atoms with Gasteiger partial charge in [-0.3, -0.25) is 0 Å². The topological polar surface area (TPSA) is 71.2 Å². The van der Waals surface area contributed by atoms with Gasteiger partial charge < -0.3 is 14.9 Å². The summed E-state index contributed by atoms with van der Waals surface area (Å²) in [5, 5.41) is 16.5. The second kappa shape index (κ2) is 7.01. The maximum absolute atomic E-state index is 9.05. The van der Waals surface area contributed by atoms with Crippen molar-refractivity contribution < 1.29 is 9.63 Å². The van der Waals surface area contributed by atoms with Crippen molar-refractivity contribution in [3.05, 3.63) is 11.7 Å². The van der Waals surface area contributed by atoms with Gasteiger partial charge in [0.05, 0.1) is 6.54 Å². The smallest absolute Gasteiger partial charge is 0.240 e. The molecule has 2 N–H and O–H groups in total. The number of aliphatic hydroxyl groups is 1. The fourth-order valence-electron chi connectivity index (χ4n) is 2.24. The van der Waals surface area contributed by atoms with Gasteiger partial charge >= 0.3 is 0 Å². The minimum Gasteiger partial charge on any atom is -0.396 e. The molecule has 1 aliphatic carbocycles. The summed E-state index contributed by atoms with van der Waals surface area (Å²) in [4.78, 5) is 4.39. The van der Waals surface area contributed by atoms with Gasteiger partial charge in [-0.05, 0) is 37.5 Å². The highest BCUT2D eigenvalue weighted by atomic mass is 16.5. The standard InChI is InChI=1S/C14H25N3O2/c1-10(2)3-6-13-16-14(19-17-13)9-15-12(7-8-18)11-4-5-11/h10-12,15,18H,3-9H2,1-2H3/t12-/m0/s1. The van der Waals surface area contributed by atoms with E-state index < -0.39 is 0 Å². The third-order valence-corrected chi connectivity index (χ3v) is 3.60. The lowest BCUT2D eigenvalue weighted by Gasteiger charge is -2.15. The Balaban J connectivity index is 1.75. The molecule has 0 radical (unpaired) electrons. The van der Waals surface area contributed by atoms with E-state index in [1.54, 1.807) is 0 Å². The van der Waals surface area contributed by atoms with E-state index in [1.165, 1.54) is 12.8 Å². The van der Waals surface area contributed by atoms with Crippen molar-refractivity contribution in [1.29, 1.82) is 0 Å². The fraction of sp³-hybridized carbons (Fsp3) is 0.857. The first-order valence-electron chi connectivity index (χ1n) is 7.34. The Morgan fingerprint density at radius 3 is 2.79 bits per heavy atom. The van der Waals surface area contributed by atoms with Gasteiger partial charge in [0.1, 0.15) is 0 Å². The fourth-order valence-corrected chi connectivity index (χ4v) is 2.24. The van der Waals surface area contributed by atoms with E-state index in [0.717, 1.165) is 31.0 Å². The molecule has 0 aliphatic heterocycles. The average Bonchev–Trinajstić information content (AvgIpc) is 3.12. The van der Waals surface area contributed by atoms with Crippen LogP contribution in [0.1, 0.15) is 51.2 Å². The van der Waals surface area contributed by atoms with Crippen LogP contribution in [0.5, 0.6) is 0 Å². The van der Waals surface area contributed by atoms with Gasteiger partial charge in [-0.15, -0.1) is 0 Å². The molecule has 0 saturated heterocycles. The summed E-state index contributed by atoms with van der Waals surface area (Å²) in [6.07, 6.45) is 5.30. The van der Waals surface area contributed by atoms with E-state index in [0.29, 0.717) is 24.4 Å². The first kappa shape index (κ1) is 14.5. The van der Waals surface area contributed by atoms with E-state index in [9.17, 15) is 0 Å². The van der Waals surface area contributed by atoms with Gasteiger partial charge in [0.2, 0.25) is 5.89 Å². The number of nitrogens with one attached hydrogen (secondary N) is 1. The van der Waals surface area contributed by atoms with Crippen LogP contribution >= 0.6 is 0 Å². The van der Waals surface area contributed by atoms with E-state index in [2.05, 4.69) is 29.3 Å². The van der Waals surface area contributed by atoms with Crippen molar-refractivity contribution in [2.45, 2.75) is 58.5 Å². The van der Waals surface area contributed by atoms with Gasteiger partial charge in [0, 0.05) is 19.1 Å². The zero-order valence-corrected chi connectivity index (χ0v) is 11.9. The van der Waals surface area contributed by atoms with Crippen LogP contribution in [0.2, 0.25) is 0 Å². The molecule has 0 spiro atoms. The summed E-state index contributed by atoms with van der Waals surface area (Å²) in [5.74, 6) is 2.83. The number of aliphatic hydroxyl groups excluding tert-OH is 1. The third kappa shape index (κ3) is 4.91. The lowest BCUT2D eigenvalue weighted by atomic mass is 10.1. The Kier molecular flexibility index (Phi) is 5.34. The molecule has 5 heteroatoms. The molecule has 0 aromatic carbocycles. The molecule has 1 atom stereocenters. The van der Waals surface area contributed by atoms with Crippen molar-refractivity contribution >= 4 is 0 Å². The molecule has 1 aromatic rings. The minimum atomic E-state index is 0.234. The Hall–Kier alpha value is -0.940. The Bertz CT molecular complexity index is 375.